The van der Waals surface area contributed by atoms with E-state index in [9.17, 15) is 4.79 Å². The third-order valence-electron chi connectivity index (χ3n) is 4.17. The molecule has 6 heteroatoms. The van der Waals surface area contributed by atoms with Crippen LogP contribution in [0.5, 0.6) is 5.75 Å². The van der Waals surface area contributed by atoms with Crippen LogP contribution in [0.4, 0.5) is 0 Å². The molecule has 0 bridgehead atoms. The third kappa shape index (κ3) is 6.18. The molecule has 28 heavy (non-hydrogen) atoms. The van der Waals surface area contributed by atoms with Crippen molar-refractivity contribution in [1.29, 1.82) is 0 Å². The molecule has 3 rings (SSSR count). The van der Waals surface area contributed by atoms with Crippen LogP contribution in [0, 0.1) is 0 Å². The molecule has 1 aromatic carbocycles. The Hall–Kier alpha value is -2.70. The van der Waals surface area contributed by atoms with Crippen LogP contribution in [-0.4, -0.2) is 35.5 Å². The highest BCUT2D eigenvalue weighted by atomic mass is 32.1. The lowest BCUT2D eigenvalue weighted by atomic mass is 10.2. The number of nitrogens with zero attached hydrogens (tertiary/aromatic N) is 2. The maximum absolute atomic E-state index is 12.1. The molecule has 5 nitrogen and oxygen atoms in total. The van der Waals surface area contributed by atoms with E-state index in [-0.39, 0.29) is 12.0 Å². The second kappa shape index (κ2) is 10.0. The van der Waals surface area contributed by atoms with E-state index in [1.54, 1.807) is 35.9 Å². The van der Waals surface area contributed by atoms with Gasteiger partial charge in [0.05, 0.1) is 12.1 Å². The first-order chi connectivity index (χ1) is 13.6. The molecule has 0 radical (unpaired) electrons. The largest absolute Gasteiger partial charge is 0.489 e. The second-order valence-electron chi connectivity index (χ2n) is 6.78. The number of ether oxygens (including phenoxy) is 1. The first-order valence-electron chi connectivity index (χ1n) is 9.25. The van der Waals surface area contributed by atoms with Crippen molar-refractivity contribution in [3.8, 4) is 5.75 Å². The van der Waals surface area contributed by atoms with Gasteiger partial charge in [0.25, 0.3) is 5.91 Å². The normalized spacial score (nSPS) is 12.0. The highest BCUT2D eigenvalue weighted by Gasteiger charge is 2.10. The van der Waals surface area contributed by atoms with Crippen molar-refractivity contribution in [1.82, 2.24) is 15.2 Å². The van der Waals surface area contributed by atoms with Crippen LogP contribution < -0.4 is 10.1 Å². The Balaban J connectivity index is 1.48. The molecule has 0 aliphatic rings. The van der Waals surface area contributed by atoms with E-state index in [2.05, 4.69) is 51.9 Å². The van der Waals surface area contributed by atoms with Crippen LogP contribution in [0.3, 0.4) is 0 Å². The quantitative estimate of drug-likeness (QED) is 0.596. The average molecular weight is 396 g/mol. The lowest BCUT2D eigenvalue weighted by Gasteiger charge is -2.18. The van der Waals surface area contributed by atoms with E-state index in [0.717, 1.165) is 18.8 Å². The SMILES string of the molecule is CC(CNC(=O)c1cccnc1)Oc1cccc(CN(C)Cc2cccs2)c1. The van der Waals surface area contributed by atoms with Crippen LogP contribution in [-0.2, 0) is 13.1 Å². The molecule has 0 aliphatic carbocycles. The van der Waals surface area contributed by atoms with Gasteiger partial charge in [0.15, 0.2) is 0 Å². The zero-order valence-corrected chi connectivity index (χ0v) is 17.0. The van der Waals surface area contributed by atoms with Crippen LogP contribution >= 0.6 is 11.3 Å². The molecule has 1 amide bonds. The van der Waals surface area contributed by atoms with Gasteiger partial charge in [0.2, 0.25) is 0 Å². The predicted molar refractivity (Wildman–Crippen MR) is 113 cm³/mol. The topological polar surface area (TPSA) is 54.5 Å². The van der Waals surface area contributed by atoms with Crippen molar-refractivity contribution < 1.29 is 9.53 Å². The number of carbonyl (C=O) groups is 1. The highest BCUT2D eigenvalue weighted by Crippen LogP contribution is 2.18. The smallest absolute Gasteiger partial charge is 0.252 e. The van der Waals surface area contributed by atoms with Crippen LogP contribution in [0.25, 0.3) is 0 Å². The number of rotatable bonds is 9. The van der Waals surface area contributed by atoms with Crippen molar-refractivity contribution in [3.05, 3.63) is 82.3 Å². The number of carbonyl (C=O) groups excluding carboxylic acids is 1. The first-order valence-corrected chi connectivity index (χ1v) is 10.1. The number of pyridine rings is 1. The Morgan fingerprint density at radius 3 is 2.86 bits per heavy atom. The average Bonchev–Trinajstić information content (AvgIpc) is 3.20. The first kappa shape index (κ1) is 20.0. The number of aromatic nitrogens is 1. The van der Waals surface area contributed by atoms with Crippen LogP contribution in [0.15, 0.2) is 66.3 Å². The summed E-state index contributed by atoms with van der Waals surface area (Å²) in [5.74, 6) is 0.664. The number of thiophene rings is 1. The zero-order valence-electron chi connectivity index (χ0n) is 16.2. The summed E-state index contributed by atoms with van der Waals surface area (Å²) in [6.07, 6.45) is 3.06. The summed E-state index contributed by atoms with van der Waals surface area (Å²) in [6, 6.07) is 15.8. The Kier molecular flexibility index (Phi) is 7.17. The summed E-state index contributed by atoms with van der Waals surface area (Å²) >= 11 is 1.77. The summed E-state index contributed by atoms with van der Waals surface area (Å²) in [4.78, 5) is 19.7. The summed E-state index contributed by atoms with van der Waals surface area (Å²) in [5.41, 5.74) is 1.74. The molecule has 0 fully saturated rings. The van der Waals surface area contributed by atoms with Gasteiger partial charge in [0.1, 0.15) is 11.9 Å². The molecule has 1 unspecified atom stereocenters. The molecule has 2 aromatic heterocycles. The minimum atomic E-state index is -0.146. The third-order valence-corrected chi connectivity index (χ3v) is 5.03. The predicted octanol–water partition coefficient (Wildman–Crippen LogP) is 3.97. The van der Waals surface area contributed by atoms with Gasteiger partial charge in [-0.2, -0.15) is 0 Å². The second-order valence-corrected chi connectivity index (χ2v) is 7.81. The molecule has 1 atom stereocenters. The van der Waals surface area contributed by atoms with E-state index in [0.29, 0.717) is 12.1 Å². The molecule has 146 valence electrons. The van der Waals surface area contributed by atoms with Crippen molar-refractivity contribution in [2.24, 2.45) is 0 Å². The summed E-state index contributed by atoms with van der Waals surface area (Å²) in [5, 5.41) is 4.98. The lowest BCUT2D eigenvalue weighted by Crippen LogP contribution is -2.33. The van der Waals surface area contributed by atoms with Gasteiger partial charge in [0, 0.05) is 30.4 Å². The highest BCUT2D eigenvalue weighted by molar-refractivity contribution is 7.09. The Morgan fingerprint density at radius 1 is 1.21 bits per heavy atom. The molecule has 3 aromatic rings. The standard InChI is InChI=1S/C22H25N3O2S/c1-17(13-24-22(26)19-7-4-10-23-14-19)27-20-8-3-6-18(12-20)15-25(2)16-21-9-5-11-28-21/h3-12,14,17H,13,15-16H2,1-2H3,(H,24,26). The molecule has 2 heterocycles. The fraction of sp³-hybridized carbons (Fsp3) is 0.273. The lowest BCUT2D eigenvalue weighted by molar-refractivity contribution is 0.0932. The fourth-order valence-electron chi connectivity index (χ4n) is 2.86. The van der Waals surface area contributed by atoms with Gasteiger partial charge in [-0.25, -0.2) is 0 Å². The van der Waals surface area contributed by atoms with Crippen molar-refractivity contribution in [2.75, 3.05) is 13.6 Å². The summed E-state index contributed by atoms with van der Waals surface area (Å²) in [6.45, 7) is 4.15. The maximum atomic E-state index is 12.1. The molecular weight excluding hydrogens is 370 g/mol. The van der Waals surface area contributed by atoms with Gasteiger partial charge >= 0.3 is 0 Å². The Morgan fingerprint density at radius 2 is 2.11 bits per heavy atom. The van der Waals surface area contributed by atoms with Crippen LogP contribution in [0.1, 0.15) is 27.7 Å². The summed E-state index contributed by atoms with van der Waals surface area (Å²) < 4.78 is 5.98. The minimum Gasteiger partial charge on any atom is -0.489 e. The van der Waals surface area contributed by atoms with E-state index < -0.39 is 0 Å². The van der Waals surface area contributed by atoms with Gasteiger partial charge in [-0.05, 0) is 55.2 Å². The summed E-state index contributed by atoms with van der Waals surface area (Å²) in [7, 11) is 2.11. The van der Waals surface area contributed by atoms with Gasteiger partial charge in [-0.1, -0.05) is 18.2 Å². The maximum Gasteiger partial charge on any atom is 0.252 e. The molecule has 0 aliphatic heterocycles. The van der Waals surface area contributed by atoms with Gasteiger partial charge in [-0.15, -0.1) is 11.3 Å². The molecule has 0 saturated carbocycles. The van der Waals surface area contributed by atoms with Gasteiger partial charge in [-0.3, -0.25) is 14.7 Å². The number of hydrogen-bond acceptors (Lipinski definition) is 5. The van der Waals surface area contributed by atoms with E-state index in [4.69, 9.17) is 4.74 Å². The minimum absolute atomic E-state index is 0.139. The van der Waals surface area contributed by atoms with Crippen molar-refractivity contribution >= 4 is 17.2 Å². The molecular formula is C22H25N3O2S. The monoisotopic (exact) mass is 395 g/mol. The van der Waals surface area contributed by atoms with E-state index in [1.165, 1.54) is 10.4 Å². The van der Waals surface area contributed by atoms with E-state index >= 15 is 0 Å². The Labute approximate surface area is 170 Å². The molecule has 0 saturated heterocycles. The van der Waals surface area contributed by atoms with E-state index in [1.807, 2.05) is 19.1 Å². The van der Waals surface area contributed by atoms with Crippen molar-refractivity contribution in [2.45, 2.75) is 26.1 Å². The van der Waals surface area contributed by atoms with Gasteiger partial charge < -0.3 is 10.1 Å². The number of benzene rings is 1. The molecule has 0 spiro atoms. The fourth-order valence-corrected chi connectivity index (χ4v) is 3.65. The number of nitrogens with one attached hydrogen (secondary N) is 1. The van der Waals surface area contributed by atoms with Crippen LogP contribution in [0.2, 0.25) is 0 Å². The van der Waals surface area contributed by atoms with Crippen molar-refractivity contribution in [3.63, 3.8) is 0 Å². The number of hydrogen-bond donors (Lipinski definition) is 1. The molecule has 1 N–H and O–H groups in total. The Bertz CT molecular complexity index is 869. The number of amides is 1. The zero-order chi connectivity index (χ0) is 19.8.